The van der Waals surface area contributed by atoms with E-state index in [0.717, 1.165) is 34.7 Å². The van der Waals surface area contributed by atoms with Crippen LogP contribution in [0.25, 0.3) is 11.3 Å². The van der Waals surface area contributed by atoms with E-state index in [1.807, 2.05) is 43.3 Å². The summed E-state index contributed by atoms with van der Waals surface area (Å²) in [6, 6.07) is 17.0. The summed E-state index contributed by atoms with van der Waals surface area (Å²) in [5.74, 6) is -0.195. The molecule has 0 aliphatic carbocycles. The lowest BCUT2D eigenvalue weighted by Crippen LogP contribution is -2.30. The topological polar surface area (TPSA) is 49.8 Å². The van der Waals surface area contributed by atoms with Gasteiger partial charge in [-0.1, -0.05) is 30.3 Å². The van der Waals surface area contributed by atoms with Gasteiger partial charge in [0.1, 0.15) is 5.82 Å². The number of nitrogens with one attached hydrogen (secondary N) is 2. The van der Waals surface area contributed by atoms with Crippen molar-refractivity contribution in [1.29, 1.82) is 0 Å². The lowest BCUT2D eigenvalue weighted by Gasteiger charge is -2.20. The van der Waals surface area contributed by atoms with E-state index in [4.69, 9.17) is 0 Å². The zero-order valence-electron chi connectivity index (χ0n) is 14.8. The molecule has 2 aromatic carbocycles. The summed E-state index contributed by atoms with van der Waals surface area (Å²) in [6.07, 6.45) is 0. The van der Waals surface area contributed by atoms with Gasteiger partial charge in [-0.3, -0.25) is 0 Å². The molecule has 0 bridgehead atoms. The molecule has 2 N–H and O–H groups in total. The Morgan fingerprint density at radius 3 is 2.62 bits per heavy atom. The second kappa shape index (κ2) is 6.84. The highest BCUT2D eigenvalue weighted by Gasteiger charge is 2.24. The van der Waals surface area contributed by atoms with Crippen molar-refractivity contribution in [1.82, 2.24) is 15.5 Å². The predicted octanol–water partition coefficient (Wildman–Crippen LogP) is 4.08. The number of anilines is 1. The Kier molecular flexibility index (Phi) is 4.39. The maximum absolute atomic E-state index is 14.4. The Balaban J connectivity index is 1.79. The highest BCUT2D eigenvalue weighted by Crippen LogP contribution is 2.34. The fraction of sp³-hybridized carbons (Fsp3) is 0.238. The predicted molar refractivity (Wildman–Crippen MR) is 102 cm³/mol. The summed E-state index contributed by atoms with van der Waals surface area (Å²) >= 11 is 0. The molecule has 0 amide bonds. The van der Waals surface area contributed by atoms with Gasteiger partial charge in [-0.2, -0.15) is 10.2 Å². The molecule has 2 heterocycles. The summed E-state index contributed by atoms with van der Waals surface area (Å²) in [6.45, 7) is 4.77. The maximum Gasteiger partial charge on any atom is 0.128 e. The highest BCUT2D eigenvalue weighted by atomic mass is 19.1. The number of aryl methyl sites for hydroxylation is 1. The summed E-state index contributed by atoms with van der Waals surface area (Å²) in [7, 11) is 0. The van der Waals surface area contributed by atoms with Crippen molar-refractivity contribution in [2.75, 3.05) is 11.9 Å². The summed E-state index contributed by atoms with van der Waals surface area (Å²) < 4.78 is 14.4. The normalized spacial score (nSPS) is 19.3. The summed E-state index contributed by atoms with van der Waals surface area (Å²) in [5, 5.41) is 15.4. The van der Waals surface area contributed by atoms with Crippen molar-refractivity contribution in [3.8, 4) is 11.3 Å². The number of halogens is 1. The van der Waals surface area contributed by atoms with Gasteiger partial charge in [0.15, 0.2) is 0 Å². The number of fused-ring (bicyclic) bond motifs is 1. The van der Waals surface area contributed by atoms with Crippen LogP contribution in [0.3, 0.4) is 0 Å². The number of aromatic nitrogens is 2. The van der Waals surface area contributed by atoms with Crippen molar-refractivity contribution < 1.29 is 4.39 Å². The van der Waals surface area contributed by atoms with E-state index in [9.17, 15) is 4.39 Å². The molecule has 4 nitrogen and oxygen atoms in total. The number of nitrogens with zero attached hydrogens (tertiary/aromatic N) is 2. The average Bonchev–Trinajstić information content (AvgIpc) is 2.80. The van der Waals surface area contributed by atoms with Crippen LogP contribution >= 0.6 is 0 Å². The fourth-order valence-corrected chi connectivity index (χ4v) is 3.35. The smallest absolute Gasteiger partial charge is 0.128 e. The third kappa shape index (κ3) is 3.18. The quantitative estimate of drug-likeness (QED) is 0.732. The third-order valence-corrected chi connectivity index (χ3v) is 4.70. The number of rotatable bonds is 2. The first-order valence-electron chi connectivity index (χ1n) is 8.81. The maximum atomic E-state index is 14.4. The van der Waals surface area contributed by atoms with E-state index in [-0.39, 0.29) is 17.9 Å². The van der Waals surface area contributed by atoms with Gasteiger partial charge in [-0.15, -0.1) is 0 Å². The fourth-order valence-electron chi connectivity index (χ4n) is 3.35. The molecule has 1 aliphatic rings. The van der Waals surface area contributed by atoms with Gasteiger partial charge >= 0.3 is 0 Å². The van der Waals surface area contributed by atoms with E-state index >= 15 is 0 Å². The summed E-state index contributed by atoms with van der Waals surface area (Å²) in [5.41, 5.74) is 5.39. The first kappa shape index (κ1) is 16.7. The standard InChI is InChI=1S/C21H21FN4/c1-13-7-10-19(26-25-13)15-8-9-17-20(11-15)24-14(2)12-23-21(17)16-5-3-4-6-18(16)22/h3-11,14,21,23-24H,12H2,1-2H3. The van der Waals surface area contributed by atoms with Crippen LogP contribution in [-0.4, -0.2) is 22.8 Å². The molecule has 1 aromatic heterocycles. The molecule has 0 saturated carbocycles. The van der Waals surface area contributed by atoms with Gasteiger partial charge < -0.3 is 10.6 Å². The van der Waals surface area contributed by atoms with E-state index in [2.05, 4.69) is 33.8 Å². The summed E-state index contributed by atoms with van der Waals surface area (Å²) in [4.78, 5) is 0. The molecule has 3 aromatic rings. The van der Waals surface area contributed by atoms with E-state index < -0.39 is 0 Å². The first-order chi connectivity index (χ1) is 12.6. The van der Waals surface area contributed by atoms with Crippen LogP contribution in [-0.2, 0) is 0 Å². The van der Waals surface area contributed by atoms with Crippen molar-refractivity contribution in [2.24, 2.45) is 0 Å². The van der Waals surface area contributed by atoms with Crippen LogP contribution in [0.4, 0.5) is 10.1 Å². The van der Waals surface area contributed by atoms with Crippen LogP contribution in [0, 0.1) is 12.7 Å². The molecule has 2 unspecified atom stereocenters. The number of hydrogen-bond acceptors (Lipinski definition) is 4. The minimum absolute atomic E-state index is 0.193. The Morgan fingerprint density at radius 2 is 1.85 bits per heavy atom. The van der Waals surface area contributed by atoms with Crippen molar-refractivity contribution in [2.45, 2.75) is 25.9 Å². The van der Waals surface area contributed by atoms with Crippen molar-refractivity contribution >= 4 is 5.69 Å². The number of benzene rings is 2. The van der Waals surface area contributed by atoms with Crippen LogP contribution in [0.2, 0.25) is 0 Å². The zero-order chi connectivity index (χ0) is 18.1. The molecule has 4 rings (SSSR count). The molecular formula is C21H21FN4. The Labute approximate surface area is 152 Å². The molecule has 1 aliphatic heterocycles. The van der Waals surface area contributed by atoms with E-state index in [0.29, 0.717) is 5.56 Å². The van der Waals surface area contributed by atoms with Gasteiger partial charge in [-0.25, -0.2) is 4.39 Å². The third-order valence-electron chi connectivity index (χ3n) is 4.70. The van der Waals surface area contributed by atoms with Crippen LogP contribution in [0.1, 0.15) is 29.8 Å². The highest BCUT2D eigenvalue weighted by molar-refractivity contribution is 5.69. The molecule has 0 saturated heterocycles. The molecule has 0 fully saturated rings. The minimum atomic E-state index is -0.195. The first-order valence-corrected chi connectivity index (χ1v) is 8.81. The van der Waals surface area contributed by atoms with Crippen molar-refractivity contribution in [3.63, 3.8) is 0 Å². The van der Waals surface area contributed by atoms with Gasteiger partial charge in [0.2, 0.25) is 0 Å². The molecule has 2 atom stereocenters. The molecular weight excluding hydrogens is 327 g/mol. The number of hydrogen-bond donors (Lipinski definition) is 2. The van der Waals surface area contributed by atoms with Crippen LogP contribution < -0.4 is 10.6 Å². The van der Waals surface area contributed by atoms with Crippen LogP contribution in [0.15, 0.2) is 54.6 Å². The van der Waals surface area contributed by atoms with Gasteiger partial charge in [0.25, 0.3) is 0 Å². The Hall–Kier alpha value is -2.79. The molecule has 5 heteroatoms. The minimum Gasteiger partial charge on any atom is -0.381 e. The van der Waals surface area contributed by atoms with Crippen LogP contribution in [0.5, 0.6) is 0 Å². The molecule has 132 valence electrons. The molecule has 26 heavy (non-hydrogen) atoms. The second-order valence-corrected chi connectivity index (χ2v) is 6.77. The lowest BCUT2D eigenvalue weighted by atomic mass is 9.95. The van der Waals surface area contributed by atoms with Gasteiger partial charge in [-0.05, 0) is 43.7 Å². The SMILES string of the molecule is Cc1ccc(-c2ccc3c(c2)NC(C)CNC3c2ccccc2F)nn1. The van der Waals surface area contributed by atoms with E-state index in [1.54, 1.807) is 6.07 Å². The lowest BCUT2D eigenvalue weighted by molar-refractivity contribution is 0.545. The largest absolute Gasteiger partial charge is 0.381 e. The Morgan fingerprint density at radius 1 is 1.00 bits per heavy atom. The Bertz CT molecular complexity index is 924. The van der Waals surface area contributed by atoms with Gasteiger partial charge in [0.05, 0.1) is 17.4 Å². The van der Waals surface area contributed by atoms with Gasteiger partial charge in [0, 0.05) is 29.4 Å². The second-order valence-electron chi connectivity index (χ2n) is 6.77. The molecule has 0 radical (unpaired) electrons. The monoisotopic (exact) mass is 348 g/mol. The van der Waals surface area contributed by atoms with Crippen molar-refractivity contribution in [3.05, 3.63) is 77.2 Å². The zero-order valence-corrected chi connectivity index (χ0v) is 14.8. The van der Waals surface area contributed by atoms with E-state index in [1.165, 1.54) is 6.07 Å². The average molecular weight is 348 g/mol. The molecule has 0 spiro atoms.